The fourth-order valence-electron chi connectivity index (χ4n) is 3.59. The summed E-state index contributed by atoms with van der Waals surface area (Å²) >= 11 is 0. The highest BCUT2D eigenvalue weighted by atomic mass is 16.4. The molecule has 32 heavy (non-hydrogen) atoms. The highest BCUT2D eigenvalue weighted by Gasteiger charge is 2.28. The van der Waals surface area contributed by atoms with Crippen LogP contribution in [-0.4, -0.2) is 40.9 Å². The lowest BCUT2D eigenvalue weighted by Crippen LogP contribution is -2.52. The molecule has 0 bridgehead atoms. The third kappa shape index (κ3) is 16.6. The number of carboxylic acids is 1. The summed E-state index contributed by atoms with van der Waals surface area (Å²) in [6.45, 7) is 6.05. The molecule has 0 saturated carbocycles. The standard InChI is InChI=1S/C24H45N3O5/c1-4-5-6-7-8-9-10-11-12-13-14-15-22(29)26-19(16-18(2)3)23(30)27-20(24(31)32)17-21(25)28/h18-20H,4-17H2,1-3H3,(H2,25,28)(H,26,29)(H,27,30)(H,31,32)/t19-,20-/m0/s1. The molecule has 8 heteroatoms. The zero-order valence-electron chi connectivity index (χ0n) is 20.3. The van der Waals surface area contributed by atoms with E-state index in [2.05, 4.69) is 17.6 Å². The maximum absolute atomic E-state index is 12.5. The van der Waals surface area contributed by atoms with Crippen LogP contribution in [0, 0.1) is 5.92 Å². The summed E-state index contributed by atoms with van der Waals surface area (Å²) in [5.41, 5.74) is 5.05. The third-order valence-corrected chi connectivity index (χ3v) is 5.39. The Hall–Kier alpha value is -2.12. The monoisotopic (exact) mass is 455 g/mol. The summed E-state index contributed by atoms with van der Waals surface area (Å²) in [5.74, 6) is -2.87. The first-order chi connectivity index (χ1) is 15.2. The molecule has 2 atom stereocenters. The number of hydrogen-bond donors (Lipinski definition) is 4. The van der Waals surface area contributed by atoms with Crippen molar-refractivity contribution in [2.45, 2.75) is 123 Å². The number of aliphatic carboxylic acids is 1. The van der Waals surface area contributed by atoms with Gasteiger partial charge in [-0.05, 0) is 18.8 Å². The molecule has 0 rings (SSSR count). The van der Waals surface area contributed by atoms with Crippen molar-refractivity contribution in [3.8, 4) is 0 Å². The molecule has 0 radical (unpaired) electrons. The average molecular weight is 456 g/mol. The number of primary amides is 1. The van der Waals surface area contributed by atoms with E-state index in [0.717, 1.165) is 19.3 Å². The number of unbranched alkanes of at least 4 members (excludes halogenated alkanes) is 10. The van der Waals surface area contributed by atoms with Gasteiger partial charge in [0.2, 0.25) is 17.7 Å². The van der Waals surface area contributed by atoms with E-state index in [9.17, 15) is 24.3 Å². The fraction of sp³-hybridized carbons (Fsp3) is 0.833. The van der Waals surface area contributed by atoms with Crippen LogP contribution in [0.4, 0.5) is 0 Å². The molecule has 0 unspecified atom stereocenters. The van der Waals surface area contributed by atoms with Crippen LogP contribution < -0.4 is 16.4 Å². The number of rotatable bonds is 20. The molecule has 186 valence electrons. The molecule has 0 aromatic heterocycles. The third-order valence-electron chi connectivity index (χ3n) is 5.39. The molecule has 5 N–H and O–H groups in total. The lowest BCUT2D eigenvalue weighted by Gasteiger charge is -2.22. The Balaban J connectivity index is 4.26. The summed E-state index contributed by atoms with van der Waals surface area (Å²) in [4.78, 5) is 47.1. The van der Waals surface area contributed by atoms with Gasteiger partial charge in [-0.3, -0.25) is 14.4 Å². The lowest BCUT2D eigenvalue weighted by molar-refractivity contribution is -0.143. The molecular weight excluding hydrogens is 410 g/mol. The second-order valence-corrected chi connectivity index (χ2v) is 9.11. The zero-order chi connectivity index (χ0) is 24.4. The summed E-state index contributed by atoms with van der Waals surface area (Å²) in [5, 5.41) is 14.2. The Labute approximate surface area is 193 Å². The molecule has 0 aliphatic rings. The Morgan fingerprint density at radius 2 is 1.28 bits per heavy atom. The topological polar surface area (TPSA) is 139 Å². The Kier molecular flexibility index (Phi) is 17.2. The van der Waals surface area contributed by atoms with E-state index in [-0.39, 0.29) is 11.8 Å². The van der Waals surface area contributed by atoms with Crippen LogP contribution in [0.2, 0.25) is 0 Å². The molecule has 0 aromatic rings. The fourth-order valence-corrected chi connectivity index (χ4v) is 3.59. The second kappa shape index (κ2) is 18.5. The Morgan fingerprint density at radius 3 is 1.72 bits per heavy atom. The molecule has 0 saturated heterocycles. The van der Waals surface area contributed by atoms with E-state index in [0.29, 0.717) is 12.8 Å². The van der Waals surface area contributed by atoms with E-state index in [1.165, 1.54) is 51.4 Å². The molecule has 3 amide bonds. The normalized spacial score (nSPS) is 12.9. The van der Waals surface area contributed by atoms with Gasteiger partial charge in [0.25, 0.3) is 0 Å². The van der Waals surface area contributed by atoms with E-state index in [1.807, 2.05) is 13.8 Å². The van der Waals surface area contributed by atoms with Crippen molar-refractivity contribution in [3.05, 3.63) is 0 Å². The number of carbonyl (C=O) groups excluding carboxylic acids is 3. The van der Waals surface area contributed by atoms with Gasteiger partial charge in [-0.2, -0.15) is 0 Å². The molecule has 0 fully saturated rings. The highest BCUT2D eigenvalue weighted by molar-refractivity contribution is 5.92. The first-order valence-corrected chi connectivity index (χ1v) is 12.3. The largest absolute Gasteiger partial charge is 0.480 e. The van der Waals surface area contributed by atoms with Gasteiger partial charge in [0, 0.05) is 6.42 Å². The average Bonchev–Trinajstić information content (AvgIpc) is 2.70. The molecular formula is C24H45N3O5. The summed E-state index contributed by atoms with van der Waals surface area (Å²) in [6.07, 6.45) is 13.3. The number of carboxylic acid groups (broad SMARTS) is 1. The van der Waals surface area contributed by atoms with Gasteiger partial charge in [0.1, 0.15) is 12.1 Å². The highest BCUT2D eigenvalue weighted by Crippen LogP contribution is 2.12. The predicted molar refractivity (Wildman–Crippen MR) is 126 cm³/mol. The maximum Gasteiger partial charge on any atom is 0.326 e. The zero-order valence-corrected chi connectivity index (χ0v) is 20.3. The molecule has 0 aliphatic heterocycles. The minimum Gasteiger partial charge on any atom is -0.480 e. The minimum absolute atomic E-state index is 0.118. The van der Waals surface area contributed by atoms with E-state index >= 15 is 0 Å². The van der Waals surface area contributed by atoms with Gasteiger partial charge in [-0.1, -0.05) is 85.0 Å². The van der Waals surface area contributed by atoms with Crippen LogP contribution in [0.5, 0.6) is 0 Å². The summed E-state index contributed by atoms with van der Waals surface area (Å²) in [7, 11) is 0. The molecule has 0 heterocycles. The lowest BCUT2D eigenvalue weighted by atomic mass is 10.0. The number of nitrogens with one attached hydrogen (secondary N) is 2. The number of carbonyl (C=O) groups is 4. The van der Waals surface area contributed by atoms with Gasteiger partial charge in [0.05, 0.1) is 6.42 Å². The van der Waals surface area contributed by atoms with Crippen molar-refractivity contribution in [1.29, 1.82) is 0 Å². The van der Waals surface area contributed by atoms with Gasteiger partial charge in [-0.15, -0.1) is 0 Å². The van der Waals surface area contributed by atoms with Crippen molar-refractivity contribution < 1.29 is 24.3 Å². The predicted octanol–water partition coefficient (Wildman–Crippen LogP) is 3.66. The van der Waals surface area contributed by atoms with E-state index in [1.54, 1.807) is 0 Å². The van der Waals surface area contributed by atoms with Gasteiger partial charge in [-0.25, -0.2) is 4.79 Å². The Bertz CT molecular complexity index is 566. The van der Waals surface area contributed by atoms with Gasteiger partial charge < -0.3 is 21.5 Å². The SMILES string of the molecule is CCCCCCCCCCCCCC(=O)N[C@@H](CC(C)C)C(=O)N[C@@H](CC(N)=O)C(=O)O. The first kappa shape index (κ1) is 29.9. The Morgan fingerprint density at radius 1 is 0.781 bits per heavy atom. The first-order valence-electron chi connectivity index (χ1n) is 12.3. The van der Waals surface area contributed by atoms with Crippen molar-refractivity contribution in [1.82, 2.24) is 10.6 Å². The number of hydrogen-bond acceptors (Lipinski definition) is 4. The molecule has 8 nitrogen and oxygen atoms in total. The van der Waals surface area contributed by atoms with Crippen molar-refractivity contribution in [2.24, 2.45) is 11.7 Å². The second-order valence-electron chi connectivity index (χ2n) is 9.11. The number of amides is 3. The molecule has 0 aromatic carbocycles. The van der Waals surface area contributed by atoms with E-state index in [4.69, 9.17) is 5.73 Å². The van der Waals surface area contributed by atoms with Gasteiger partial charge >= 0.3 is 5.97 Å². The van der Waals surface area contributed by atoms with Crippen LogP contribution in [0.3, 0.4) is 0 Å². The van der Waals surface area contributed by atoms with Crippen LogP contribution in [0.15, 0.2) is 0 Å². The van der Waals surface area contributed by atoms with Crippen LogP contribution >= 0.6 is 0 Å². The van der Waals surface area contributed by atoms with Crippen LogP contribution in [0.25, 0.3) is 0 Å². The van der Waals surface area contributed by atoms with Crippen molar-refractivity contribution >= 4 is 23.7 Å². The molecule has 0 aliphatic carbocycles. The number of nitrogens with two attached hydrogens (primary N) is 1. The van der Waals surface area contributed by atoms with Crippen molar-refractivity contribution in [2.75, 3.05) is 0 Å². The van der Waals surface area contributed by atoms with Crippen molar-refractivity contribution in [3.63, 3.8) is 0 Å². The quantitative estimate of drug-likeness (QED) is 0.207. The van der Waals surface area contributed by atoms with Gasteiger partial charge in [0.15, 0.2) is 0 Å². The molecule has 0 spiro atoms. The smallest absolute Gasteiger partial charge is 0.326 e. The summed E-state index contributed by atoms with van der Waals surface area (Å²) in [6, 6.07) is -2.25. The minimum atomic E-state index is -1.40. The summed E-state index contributed by atoms with van der Waals surface area (Å²) < 4.78 is 0. The maximum atomic E-state index is 12.5. The van der Waals surface area contributed by atoms with Crippen LogP contribution in [0.1, 0.15) is 111 Å². The van der Waals surface area contributed by atoms with Crippen LogP contribution in [-0.2, 0) is 19.2 Å². The van der Waals surface area contributed by atoms with E-state index < -0.39 is 36.3 Å².